The van der Waals surface area contributed by atoms with E-state index < -0.39 is 0 Å². The first kappa shape index (κ1) is 19.0. The van der Waals surface area contributed by atoms with Crippen molar-refractivity contribution in [2.24, 2.45) is 5.92 Å². The standard InChI is InChI=1S/C26H27N3O/c30-25(11-10-21-8-3-7-20-6-1-2-9-23(20)21)28-26-22-12-15-29(16-13-22)24(26)17-19-5-4-14-27-18-19/h1-11,14,18,22,24,26H,12-13,15-17H2,(H,28,30). The van der Waals surface area contributed by atoms with E-state index in [-0.39, 0.29) is 11.9 Å². The van der Waals surface area contributed by atoms with Gasteiger partial charge in [0.05, 0.1) is 0 Å². The summed E-state index contributed by atoms with van der Waals surface area (Å²) in [6.45, 7) is 2.27. The molecule has 2 aromatic carbocycles. The summed E-state index contributed by atoms with van der Waals surface area (Å²) in [5.74, 6) is 0.560. The van der Waals surface area contributed by atoms with E-state index in [9.17, 15) is 4.79 Å². The highest BCUT2D eigenvalue weighted by Gasteiger charge is 2.42. The molecule has 4 heterocycles. The maximum Gasteiger partial charge on any atom is 0.244 e. The molecular formula is C26H27N3O. The van der Waals surface area contributed by atoms with Crippen molar-refractivity contribution >= 4 is 22.8 Å². The fourth-order valence-corrected chi connectivity index (χ4v) is 5.16. The fraction of sp³-hybridized carbons (Fsp3) is 0.308. The van der Waals surface area contributed by atoms with Crippen molar-refractivity contribution in [2.75, 3.05) is 13.1 Å². The van der Waals surface area contributed by atoms with Gasteiger partial charge in [-0.05, 0) is 72.3 Å². The largest absolute Gasteiger partial charge is 0.348 e. The molecule has 0 saturated carbocycles. The highest BCUT2D eigenvalue weighted by atomic mass is 16.1. The van der Waals surface area contributed by atoms with Crippen LogP contribution in [-0.4, -0.2) is 41.0 Å². The normalized spacial score (nSPS) is 25.6. The zero-order valence-electron chi connectivity index (χ0n) is 17.1. The van der Waals surface area contributed by atoms with Crippen molar-refractivity contribution in [3.63, 3.8) is 0 Å². The number of rotatable bonds is 5. The van der Waals surface area contributed by atoms with Gasteiger partial charge in [-0.2, -0.15) is 0 Å². The third-order valence-electron chi connectivity index (χ3n) is 6.68. The van der Waals surface area contributed by atoms with Crippen LogP contribution in [0.2, 0.25) is 0 Å². The molecule has 4 heteroatoms. The van der Waals surface area contributed by atoms with Gasteiger partial charge in [0.2, 0.25) is 5.91 Å². The molecular weight excluding hydrogens is 370 g/mol. The number of aromatic nitrogens is 1. The molecule has 2 bridgehead atoms. The molecule has 152 valence electrons. The summed E-state index contributed by atoms with van der Waals surface area (Å²) in [7, 11) is 0. The van der Waals surface area contributed by atoms with E-state index in [1.54, 1.807) is 6.08 Å². The summed E-state index contributed by atoms with van der Waals surface area (Å²) in [4.78, 5) is 19.7. The van der Waals surface area contributed by atoms with Crippen molar-refractivity contribution in [2.45, 2.75) is 31.3 Å². The Balaban J connectivity index is 1.32. The van der Waals surface area contributed by atoms with Gasteiger partial charge < -0.3 is 5.32 Å². The Morgan fingerprint density at radius 3 is 2.73 bits per heavy atom. The first-order valence-electron chi connectivity index (χ1n) is 10.9. The highest BCUT2D eigenvalue weighted by Crippen LogP contribution is 2.34. The number of benzene rings is 2. The van der Waals surface area contributed by atoms with E-state index >= 15 is 0 Å². The molecule has 0 spiro atoms. The molecule has 1 amide bonds. The summed E-state index contributed by atoms with van der Waals surface area (Å²) < 4.78 is 0. The lowest BCUT2D eigenvalue weighted by Crippen LogP contribution is -2.64. The SMILES string of the molecule is O=C(C=Cc1cccc2ccccc12)NC1C2CCN(CC2)C1Cc1cccnc1. The number of hydrogen-bond donors (Lipinski definition) is 1. The minimum absolute atomic E-state index is 0.00197. The summed E-state index contributed by atoms with van der Waals surface area (Å²) >= 11 is 0. The van der Waals surface area contributed by atoms with Gasteiger partial charge in [0.25, 0.3) is 0 Å². The van der Waals surface area contributed by atoms with Crippen LogP contribution in [0.1, 0.15) is 24.0 Å². The van der Waals surface area contributed by atoms with Crippen molar-refractivity contribution in [1.82, 2.24) is 15.2 Å². The minimum atomic E-state index is -0.00197. The van der Waals surface area contributed by atoms with Gasteiger partial charge in [0, 0.05) is 30.6 Å². The predicted octanol–water partition coefficient (Wildman–Crippen LogP) is 4.07. The molecule has 2 atom stereocenters. The van der Waals surface area contributed by atoms with E-state index in [1.165, 1.54) is 29.2 Å². The number of nitrogens with zero attached hydrogens (tertiary/aromatic N) is 2. The van der Waals surface area contributed by atoms with Gasteiger partial charge in [-0.25, -0.2) is 0 Å². The topological polar surface area (TPSA) is 45.2 Å². The third kappa shape index (κ3) is 3.88. The van der Waals surface area contributed by atoms with Crippen molar-refractivity contribution in [3.05, 3.63) is 84.2 Å². The Kier molecular flexibility index (Phi) is 5.33. The Labute approximate surface area is 177 Å². The maximum atomic E-state index is 12.9. The highest BCUT2D eigenvalue weighted by molar-refractivity contribution is 5.96. The average molecular weight is 398 g/mol. The second-order valence-corrected chi connectivity index (χ2v) is 8.44. The first-order chi connectivity index (χ1) is 14.8. The van der Waals surface area contributed by atoms with Crippen molar-refractivity contribution in [1.29, 1.82) is 0 Å². The predicted molar refractivity (Wildman–Crippen MR) is 121 cm³/mol. The molecule has 0 radical (unpaired) electrons. The molecule has 3 aromatic rings. The molecule has 3 saturated heterocycles. The van der Waals surface area contributed by atoms with E-state index in [2.05, 4.69) is 45.5 Å². The molecule has 4 nitrogen and oxygen atoms in total. The van der Waals surface area contributed by atoms with Crippen LogP contribution >= 0.6 is 0 Å². The molecule has 1 N–H and O–H groups in total. The van der Waals surface area contributed by atoms with Gasteiger partial charge in [0.1, 0.15) is 0 Å². The van der Waals surface area contributed by atoms with Gasteiger partial charge >= 0.3 is 0 Å². The summed E-state index contributed by atoms with van der Waals surface area (Å²) in [5.41, 5.74) is 2.31. The van der Waals surface area contributed by atoms with Crippen LogP contribution in [0, 0.1) is 5.92 Å². The lowest BCUT2D eigenvalue weighted by Gasteiger charge is -2.51. The van der Waals surface area contributed by atoms with Crippen LogP contribution in [0.25, 0.3) is 16.8 Å². The lowest BCUT2D eigenvalue weighted by atomic mass is 9.77. The fourth-order valence-electron chi connectivity index (χ4n) is 5.16. The molecule has 3 aliphatic heterocycles. The Hall–Kier alpha value is -2.98. The zero-order chi connectivity index (χ0) is 20.3. The number of nitrogens with one attached hydrogen (secondary N) is 1. The Morgan fingerprint density at radius 2 is 1.90 bits per heavy atom. The molecule has 6 rings (SSSR count). The van der Waals surface area contributed by atoms with Gasteiger partial charge in [0.15, 0.2) is 0 Å². The van der Waals surface area contributed by atoms with E-state index in [0.717, 1.165) is 25.1 Å². The van der Waals surface area contributed by atoms with E-state index in [4.69, 9.17) is 0 Å². The molecule has 3 fully saturated rings. The number of pyridine rings is 1. The molecule has 30 heavy (non-hydrogen) atoms. The number of amides is 1. The van der Waals surface area contributed by atoms with Gasteiger partial charge in [-0.1, -0.05) is 48.5 Å². The van der Waals surface area contributed by atoms with Crippen LogP contribution in [-0.2, 0) is 11.2 Å². The van der Waals surface area contributed by atoms with Crippen LogP contribution in [0.4, 0.5) is 0 Å². The third-order valence-corrected chi connectivity index (χ3v) is 6.68. The van der Waals surface area contributed by atoms with Crippen LogP contribution < -0.4 is 5.32 Å². The Bertz CT molecular complexity index is 1050. The molecule has 0 aliphatic carbocycles. The van der Waals surface area contributed by atoms with Crippen LogP contribution in [0.5, 0.6) is 0 Å². The quantitative estimate of drug-likeness (QED) is 0.660. The molecule has 3 aliphatic rings. The van der Waals surface area contributed by atoms with Gasteiger partial charge in [-0.15, -0.1) is 0 Å². The van der Waals surface area contributed by atoms with Crippen LogP contribution in [0.15, 0.2) is 73.1 Å². The van der Waals surface area contributed by atoms with Crippen molar-refractivity contribution in [3.8, 4) is 0 Å². The second-order valence-electron chi connectivity index (χ2n) is 8.44. The summed E-state index contributed by atoms with van der Waals surface area (Å²) in [5, 5.41) is 5.71. The number of carbonyl (C=O) groups excluding carboxylic acids is 1. The number of piperidine rings is 3. The summed E-state index contributed by atoms with van der Waals surface area (Å²) in [6.07, 6.45) is 10.7. The van der Waals surface area contributed by atoms with E-state index in [1.807, 2.05) is 42.7 Å². The molecule has 1 aromatic heterocycles. The smallest absolute Gasteiger partial charge is 0.244 e. The summed E-state index contributed by atoms with van der Waals surface area (Å²) in [6, 6.07) is 19.1. The minimum Gasteiger partial charge on any atom is -0.348 e. The average Bonchev–Trinajstić information content (AvgIpc) is 2.80. The lowest BCUT2D eigenvalue weighted by molar-refractivity contribution is -0.119. The zero-order valence-corrected chi connectivity index (χ0v) is 17.1. The van der Waals surface area contributed by atoms with Gasteiger partial charge in [-0.3, -0.25) is 14.7 Å². The molecule has 2 unspecified atom stereocenters. The number of fused-ring (bicyclic) bond motifs is 4. The van der Waals surface area contributed by atoms with Crippen molar-refractivity contribution < 1.29 is 4.79 Å². The number of carbonyl (C=O) groups is 1. The van der Waals surface area contributed by atoms with E-state index in [0.29, 0.717) is 12.0 Å². The number of hydrogen-bond acceptors (Lipinski definition) is 3. The Morgan fingerprint density at radius 1 is 1.07 bits per heavy atom. The first-order valence-corrected chi connectivity index (χ1v) is 10.9. The monoisotopic (exact) mass is 397 g/mol. The van der Waals surface area contributed by atoms with Crippen LogP contribution in [0.3, 0.4) is 0 Å². The maximum absolute atomic E-state index is 12.9. The second kappa shape index (κ2) is 8.41.